The van der Waals surface area contributed by atoms with Crippen molar-refractivity contribution in [1.82, 2.24) is 0 Å². The molecule has 0 aromatic heterocycles. The predicted octanol–water partition coefficient (Wildman–Crippen LogP) is 1.18. The Kier molecular flexibility index (Phi) is 4.26. The summed E-state index contributed by atoms with van der Waals surface area (Å²) in [7, 11) is 0. The second kappa shape index (κ2) is 5.29. The van der Waals surface area contributed by atoms with Crippen molar-refractivity contribution >= 4 is 11.6 Å². The highest BCUT2D eigenvalue weighted by molar-refractivity contribution is 5.96. The molecule has 0 saturated heterocycles. The molecule has 0 saturated carbocycles. The first-order chi connectivity index (χ1) is 7.88. The summed E-state index contributed by atoms with van der Waals surface area (Å²) in [5, 5.41) is 11.6. The maximum atomic E-state index is 11.7. The van der Waals surface area contributed by atoms with Crippen LogP contribution in [0.5, 0.6) is 0 Å². The van der Waals surface area contributed by atoms with Crippen LogP contribution in [0.1, 0.15) is 22.3 Å². The number of carbonyl (C=O) groups excluding carboxylic acids is 1. The van der Waals surface area contributed by atoms with E-state index in [2.05, 4.69) is 11.4 Å². The molecule has 4 heteroatoms. The first-order valence-electron chi connectivity index (χ1n) is 5.63. The number of benzene rings is 1. The molecule has 1 unspecified atom stereocenters. The van der Waals surface area contributed by atoms with Crippen LogP contribution in [0.4, 0.5) is 5.69 Å². The number of nitrogens with one attached hydrogen (secondary N) is 1. The van der Waals surface area contributed by atoms with Gasteiger partial charge in [-0.15, -0.1) is 0 Å². The van der Waals surface area contributed by atoms with E-state index in [1.165, 1.54) is 0 Å². The topological polar surface area (TPSA) is 75.4 Å². The summed E-state index contributed by atoms with van der Waals surface area (Å²) in [6, 6.07) is 1.21. The zero-order chi connectivity index (χ0) is 13.2. The third-order valence-electron chi connectivity index (χ3n) is 3.15. The number of aryl methyl sites for hydroxylation is 2. The Labute approximate surface area is 102 Å². The van der Waals surface area contributed by atoms with Crippen molar-refractivity contribution < 1.29 is 9.90 Å². The van der Waals surface area contributed by atoms with Gasteiger partial charge in [0, 0.05) is 5.69 Å². The van der Waals surface area contributed by atoms with Gasteiger partial charge in [-0.25, -0.2) is 0 Å². The summed E-state index contributed by atoms with van der Waals surface area (Å²) < 4.78 is 0. The lowest BCUT2D eigenvalue weighted by Crippen LogP contribution is -2.38. The second-order valence-corrected chi connectivity index (χ2v) is 4.41. The smallest absolute Gasteiger partial charge is 0.243 e. The average Bonchev–Trinajstić information content (AvgIpc) is 2.30. The molecule has 0 aliphatic carbocycles. The van der Waals surface area contributed by atoms with E-state index in [1.807, 2.05) is 27.7 Å². The van der Waals surface area contributed by atoms with Crippen LogP contribution in [0.15, 0.2) is 6.07 Å². The van der Waals surface area contributed by atoms with Gasteiger partial charge in [0.2, 0.25) is 5.91 Å². The molecule has 94 valence electrons. The molecule has 1 aromatic carbocycles. The van der Waals surface area contributed by atoms with Crippen LogP contribution in [0.2, 0.25) is 0 Å². The van der Waals surface area contributed by atoms with Crippen LogP contribution < -0.4 is 11.1 Å². The Hall–Kier alpha value is -1.39. The van der Waals surface area contributed by atoms with E-state index in [0.29, 0.717) is 0 Å². The van der Waals surface area contributed by atoms with E-state index in [0.717, 1.165) is 27.9 Å². The van der Waals surface area contributed by atoms with Gasteiger partial charge < -0.3 is 16.2 Å². The Balaban J connectivity index is 3.10. The Morgan fingerprint density at radius 3 is 2.18 bits per heavy atom. The zero-order valence-corrected chi connectivity index (χ0v) is 10.8. The minimum atomic E-state index is -0.880. The van der Waals surface area contributed by atoms with Gasteiger partial charge in [0.1, 0.15) is 6.04 Å². The summed E-state index contributed by atoms with van der Waals surface area (Å²) in [6.45, 7) is 7.57. The molecule has 4 nitrogen and oxygen atoms in total. The first kappa shape index (κ1) is 13.7. The molecule has 1 rings (SSSR count). The van der Waals surface area contributed by atoms with Gasteiger partial charge in [0.15, 0.2) is 0 Å². The molecule has 0 bridgehead atoms. The van der Waals surface area contributed by atoms with Crippen molar-refractivity contribution in [3.63, 3.8) is 0 Å². The fourth-order valence-corrected chi connectivity index (χ4v) is 1.70. The van der Waals surface area contributed by atoms with Gasteiger partial charge in [0.05, 0.1) is 6.61 Å². The van der Waals surface area contributed by atoms with Crippen molar-refractivity contribution in [2.45, 2.75) is 33.7 Å². The lowest BCUT2D eigenvalue weighted by molar-refractivity contribution is -0.118. The van der Waals surface area contributed by atoms with Crippen molar-refractivity contribution in [2.75, 3.05) is 11.9 Å². The van der Waals surface area contributed by atoms with Crippen LogP contribution in [-0.2, 0) is 4.79 Å². The average molecular weight is 236 g/mol. The normalized spacial score (nSPS) is 12.4. The summed E-state index contributed by atoms with van der Waals surface area (Å²) in [4.78, 5) is 11.7. The molecule has 0 spiro atoms. The predicted molar refractivity (Wildman–Crippen MR) is 69.1 cm³/mol. The first-order valence-corrected chi connectivity index (χ1v) is 5.63. The van der Waals surface area contributed by atoms with Crippen molar-refractivity contribution in [1.29, 1.82) is 0 Å². The summed E-state index contributed by atoms with van der Waals surface area (Å²) >= 11 is 0. The quantitative estimate of drug-likeness (QED) is 0.737. The van der Waals surface area contributed by atoms with E-state index < -0.39 is 6.04 Å². The number of amides is 1. The van der Waals surface area contributed by atoms with Crippen molar-refractivity contribution in [2.24, 2.45) is 5.73 Å². The van der Waals surface area contributed by atoms with E-state index in [4.69, 9.17) is 10.8 Å². The van der Waals surface area contributed by atoms with Gasteiger partial charge >= 0.3 is 0 Å². The highest BCUT2D eigenvalue weighted by Gasteiger charge is 2.16. The largest absolute Gasteiger partial charge is 0.394 e. The number of hydrogen-bond donors (Lipinski definition) is 3. The Morgan fingerprint density at radius 1 is 1.29 bits per heavy atom. The molecule has 0 radical (unpaired) electrons. The van der Waals surface area contributed by atoms with Gasteiger partial charge in [-0.2, -0.15) is 0 Å². The van der Waals surface area contributed by atoms with Gasteiger partial charge in [-0.3, -0.25) is 4.79 Å². The van der Waals surface area contributed by atoms with E-state index in [9.17, 15) is 4.79 Å². The molecular weight excluding hydrogens is 216 g/mol. The maximum Gasteiger partial charge on any atom is 0.243 e. The molecule has 0 aliphatic heterocycles. The lowest BCUT2D eigenvalue weighted by atomic mass is 9.98. The second-order valence-electron chi connectivity index (χ2n) is 4.41. The molecule has 17 heavy (non-hydrogen) atoms. The third-order valence-corrected chi connectivity index (χ3v) is 3.15. The summed E-state index contributed by atoms with van der Waals surface area (Å²) in [5.74, 6) is -0.358. The number of rotatable bonds is 3. The molecule has 1 atom stereocenters. The molecule has 1 amide bonds. The van der Waals surface area contributed by atoms with E-state index >= 15 is 0 Å². The molecule has 1 aromatic rings. The SMILES string of the molecule is Cc1cc(C)c(C)c(NC(=O)C(N)CO)c1C. The lowest BCUT2D eigenvalue weighted by Gasteiger charge is -2.17. The maximum absolute atomic E-state index is 11.7. The van der Waals surface area contributed by atoms with Crippen molar-refractivity contribution in [3.05, 3.63) is 28.3 Å². The number of nitrogens with two attached hydrogens (primary N) is 1. The summed E-state index contributed by atoms with van der Waals surface area (Å²) in [6.07, 6.45) is 0. The minimum Gasteiger partial charge on any atom is -0.394 e. The van der Waals surface area contributed by atoms with E-state index in [-0.39, 0.29) is 12.5 Å². The van der Waals surface area contributed by atoms with Crippen LogP contribution in [-0.4, -0.2) is 23.7 Å². The number of carbonyl (C=O) groups is 1. The molecule has 0 heterocycles. The van der Waals surface area contributed by atoms with Crippen molar-refractivity contribution in [3.8, 4) is 0 Å². The number of hydrogen-bond acceptors (Lipinski definition) is 3. The zero-order valence-electron chi connectivity index (χ0n) is 10.8. The van der Waals surface area contributed by atoms with Gasteiger partial charge in [0.25, 0.3) is 0 Å². The minimum absolute atomic E-state index is 0.352. The molecule has 4 N–H and O–H groups in total. The van der Waals surface area contributed by atoms with Gasteiger partial charge in [-0.1, -0.05) is 6.07 Å². The number of aliphatic hydroxyl groups excluding tert-OH is 1. The monoisotopic (exact) mass is 236 g/mol. The van der Waals surface area contributed by atoms with E-state index in [1.54, 1.807) is 0 Å². The summed E-state index contributed by atoms with van der Waals surface area (Å²) in [5.41, 5.74) is 10.6. The molecule has 0 aliphatic rings. The standard InChI is InChI=1S/C13H20N2O2/c1-7-5-8(2)10(4)12(9(7)3)15-13(17)11(14)6-16/h5,11,16H,6,14H2,1-4H3,(H,15,17). The fourth-order valence-electron chi connectivity index (χ4n) is 1.70. The number of anilines is 1. The van der Waals surface area contributed by atoms with Gasteiger partial charge in [-0.05, 0) is 49.9 Å². The fraction of sp³-hybridized carbons (Fsp3) is 0.462. The molecular formula is C13H20N2O2. The Morgan fingerprint density at radius 2 is 1.76 bits per heavy atom. The third kappa shape index (κ3) is 2.84. The Bertz CT molecular complexity index is 415. The highest BCUT2D eigenvalue weighted by atomic mass is 16.3. The van der Waals surface area contributed by atoms with Crippen LogP contribution in [0.3, 0.4) is 0 Å². The van der Waals surface area contributed by atoms with Crippen LogP contribution in [0.25, 0.3) is 0 Å². The van der Waals surface area contributed by atoms with Crippen LogP contribution in [0, 0.1) is 27.7 Å². The number of aliphatic hydroxyl groups is 1. The van der Waals surface area contributed by atoms with Crippen LogP contribution >= 0.6 is 0 Å². The molecule has 0 fully saturated rings. The highest BCUT2D eigenvalue weighted by Crippen LogP contribution is 2.26.